The Morgan fingerprint density at radius 2 is 1.54 bits per heavy atom. The van der Waals surface area contributed by atoms with Gasteiger partial charge in [0.05, 0.1) is 0 Å². The highest BCUT2D eigenvalue weighted by Crippen LogP contribution is 2.28. The van der Waals surface area contributed by atoms with Crippen LogP contribution in [0.4, 0.5) is 21.6 Å². The number of nitrogens with zero attached hydrogens (tertiary/aromatic N) is 5. The quantitative estimate of drug-likeness (QED) is 0.789. The highest BCUT2D eigenvalue weighted by atomic mass is 32.1. The fraction of sp³-hybridized carbons (Fsp3) is 0.235. The smallest absolute Gasteiger partial charge is 0.211 e. The van der Waals surface area contributed by atoms with Gasteiger partial charge in [0.15, 0.2) is 0 Å². The van der Waals surface area contributed by atoms with E-state index in [4.69, 9.17) is 0 Å². The summed E-state index contributed by atoms with van der Waals surface area (Å²) in [4.78, 5) is 8.72. The fourth-order valence-electron chi connectivity index (χ4n) is 2.75. The molecular formula is C17H18N6S. The van der Waals surface area contributed by atoms with Crippen molar-refractivity contribution >= 4 is 33.0 Å². The van der Waals surface area contributed by atoms with Gasteiger partial charge in [-0.25, -0.2) is 0 Å². The summed E-state index contributed by atoms with van der Waals surface area (Å²) in [5, 5.41) is 13.6. The van der Waals surface area contributed by atoms with Crippen LogP contribution in [0.15, 0.2) is 54.9 Å². The summed E-state index contributed by atoms with van der Waals surface area (Å²) < 4.78 is 0. The summed E-state index contributed by atoms with van der Waals surface area (Å²) in [5.74, 6) is 0. The first-order valence-corrected chi connectivity index (χ1v) is 8.76. The van der Waals surface area contributed by atoms with Crippen molar-refractivity contribution in [2.45, 2.75) is 0 Å². The SMILES string of the molecule is c1ccc(N2CCN(c3nnc(Nc4ccncc4)s3)CC2)cc1. The maximum atomic E-state index is 4.33. The van der Waals surface area contributed by atoms with Crippen LogP contribution in [0.5, 0.6) is 0 Å². The third kappa shape index (κ3) is 3.30. The number of benzene rings is 1. The van der Waals surface area contributed by atoms with Crippen molar-refractivity contribution in [2.24, 2.45) is 0 Å². The number of hydrogen-bond acceptors (Lipinski definition) is 7. The lowest BCUT2D eigenvalue weighted by Gasteiger charge is -2.35. The van der Waals surface area contributed by atoms with Crippen molar-refractivity contribution in [1.29, 1.82) is 0 Å². The number of aromatic nitrogens is 3. The molecule has 0 spiro atoms. The Morgan fingerprint density at radius 1 is 0.833 bits per heavy atom. The maximum Gasteiger partial charge on any atom is 0.211 e. The number of hydrogen-bond donors (Lipinski definition) is 1. The Morgan fingerprint density at radius 3 is 2.29 bits per heavy atom. The molecule has 7 heteroatoms. The van der Waals surface area contributed by atoms with Crippen LogP contribution in [0.3, 0.4) is 0 Å². The second-order valence-electron chi connectivity index (χ2n) is 5.56. The molecule has 3 aromatic rings. The molecule has 1 aliphatic rings. The lowest BCUT2D eigenvalue weighted by Crippen LogP contribution is -2.46. The van der Waals surface area contributed by atoms with Gasteiger partial charge in [-0.15, -0.1) is 10.2 Å². The number of para-hydroxylation sites is 1. The highest BCUT2D eigenvalue weighted by Gasteiger charge is 2.20. The van der Waals surface area contributed by atoms with Gasteiger partial charge < -0.3 is 15.1 Å². The minimum Gasteiger partial charge on any atom is -0.368 e. The van der Waals surface area contributed by atoms with Crippen molar-refractivity contribution in [3.63, 3.8) is 0 Å². The van der Waals surface area contributed by atoms with E-state index in [1.54, 1.807) is 23.7 Å². The summed E-state index contributed by atoms with van der Waals surface area (Å²) in [6, 6.07) is 14.4. The predicted molar refractivity (Wildman–Crippen MR) is 98.3 cm³/mol. The zero-order chi connectivity index (χ0) is 16.2. The lowest BCUT2D eigenvalue weighted by molar-refractivity contribution is 0.650. The Balaban J connectivity index is 1.38. The molecule has 0 aliphatic carbocycles. The van der Waals surface area contributed by atoms with Crippen molar-refractivity contribution < 1.29 is 0 Å². The molecule has 0 saturated carbocycles. The van der Waals surface area contributed by atoms with E-state index < -0.39 is 0 Å². The Hall–Kier alpha value is -2.67. The highest BCUT2D eigenvalue weighted by molar-refractivity contribution is 7.19. The fourth-order valence-corrected chi connectivity index (χ4v) is 3.56. The zero-order valence-corrected chi connectivity index (χ0v) is 14.0. The van der Waals surface area contributed by atoms with Crippen molar-refractivity contribution in [1.82, 2.24) is 15.2 Å². The monoisotopic (exact) mass is 338 g/mol. The van der Waals surface area contributed by atoms with Gasteiger partial charge in [-0.2, -0.15) is 0 Å². The summed E-state index contributed by atoms with van der Waals surface area (Å²) in [5.41, 5.74) is 2.26. The summed E-state index contributed by atoms with van der Waals surface area (Å²) in [7, 11) is 0. The van der Waals surface area contributed by atoms with Gasteiger partial charge in [-0.1, -0.05) is 29.5 Å². The second-order valence-corrected chi connectivity index (χ2v) is 6.52. The van der Waals surface area contributed by atoms with Crippen LogP contribution in [0, 0.1) is 0 Å². The minimum absolute atomic E-state index is 0.807. The van der Waals surface area contributed by atoms with Crippen LogP contribution in [0.2, 0.25) is 0 Å². The second kappa shape index (κ2) is 6.84. The van der Waals surface area contributed by atoms with Crippen LogP contribution in [0.1, 0.15) is 0 Å². The molecule has 0 bridgehead atoms. The van der Waals surface area contributed by atoms with Crippen molar-refractivity contribution in [3.05, 3.63) is 54.9 Å². The number of nitrogens with one attached hydrogen (secondary N) is 1. The molecular weight excluding hydrogens is 320 g/mol. The average Bonchev–Trinajstić information content (AvgIpc) is 3.12. The third-order valence-corrected chi connectivity index (χ3v) is 4.92. The molecule has 0 amide bonds. The molecule has 6 nitrogen and oxygen atoms in total. The van der Waals surface area contributed by atoms with Crippen LogP contribution >= 0.6 is 11.3 Å². The Bertz CT molecular complexity index is 768. The van der Waals surface area contributed by atoms with E-state index in [2.05, 4.69) is 60.6 Å². The van der Waals surface area contributed by atoms with E-state index in [1.165, 1.54) is 5.69 Å². The summed E-state index contributed by atoms with van der Waals surface area (Å²) in [6.45, 7) is 3.91. The molecule has 0 unspecified atom stereocenters. The molecule has 1 fully saturated rings. The zero-order valence-electron chi connectivity index (χ0n) is 13.2. The van der Waals surface area contributed by atoms with Gasteiger partial charge in [-0.05, 0) is 24.3 Å². The molecule has 0 radical (unpaired) electrons. The van der Waals surface area contributed by atoms with Gasteiger partial charge in [-0.3, -0.25) is 4.98 Å². The van der Waals surface area contributed by atoms with E-state index in [9.17, 15) is 0 Å². The van der Waals surface area contributed by atoms with Gasteiger partial charge in [0, 0.05) is 49.9 Å². The molecule has 1 aliphatic heterocycles. The first-order chi connectivity index (χ1) is 11.9. The normalized spacial score (nSPS) is 14.7. The van der Waals surface area contributed by atoms with E-state index in [0.29, 0.717) is 0 Å². The molecule has 1 N–H and O–H groups in total. The molecule has 4 rings (SSSR count). The molecule has 1 saturated heterocycles. The van der Waals surface area contributed by atoms with Crippen molar-refractivity contribution in [2.75, 3.05) is 41.3 Å². The van der Waals surface area contributed by atoms with Crippen LogP contribution < -0.4 is 15.1 Å². The van der Waals surface area contributed by atoms with Crippen molar-refractivity contribution in [3.8, 4) is 0 Å². The van der Waals surface area contributed by atoms with E-state index >= 15 is 0 Å². The molecule has 3 heterocycles. The molecule has 2 aromatic heterocycles. The standard InChI is InChI=1S/C17H18N6S/c1-2-4-15(5-3-1)22-10-12-23(13-11-22)17-21-20-16(24-17)19-14-6-8-18-9-7-14/h1-9H,10-13H2,(H,18,19,20). The lowest BCUT2D eigenvalue weighted by atomic mass is 10.2. The average molecular weight is 338 g/mol. The van der Waals surface area contributed by atoms with Gasteiger partial charge in [0.25, 0.3) is 0 Å². The van der Waals surface area contributed by atoms with Crippen LogP contribution in [-0.4, -0.2) is 41.4 Å². The Kier molecular flexibility index (Phi) is 4.24. The van der Waals surface area contributed by atoms with E-state index in [1.807, 2.05) is 12.1 Å². The number of anilines is 4. The first kappa shape index (κ1) is 14.9. The molecule has 1 aromatic carbocycles. The predicted octanol–water partition coefficient (Wildman–Crippen LogP) is 3.00. The van der Waals surface area contributed by atoms with Gasteiger partial charge >= 0.3 is 0 Å². The number of pyridine rings is 1. The summed E-state index contributed by atoms with van der Waals surface area (Å²) >= 11 is 1.58. The van der Waals surface area contributed by atoms with Gasteiger partial charge in [0.1, 0.15) is 0 Å². The topological polar surface area (TPSA) is 57.2 Å². The summed E-state index contributed by atoms with van der Waals surface area (Å²) in [6.07, 6.45) is 3.51. The maximum absolute atomic E-state index is 4.33. The number of rotatable bonds is 4. The molecule has 0 atom stereocenters. The Labute approximate surface area is 144 Å². The van der Waals surface area contributed by atoms with E-state index in [0.717, 1.165) is 42.1 Å². The van der Waals surface area contributed by atoms with Crippen LogP contribution in [0.25, 0.3) is 0 Å². The number of piperazine rings is 1. The van der Waals surface area contributed by atoms with Gasteiger partial charge in [0.2, 0.25) is 10.3 Å². The first-order valence-electron chi connectivity index (χ1n) is 7.94. The largest absolute Gasteiger partial charge is 0.368 e. The molecule has 24 heavy (non-hydrogen) atoms. The minimum atomic E-state index is 0.807. The van der Waals surface area contributed by atoms with Crippen LogP contribution in [-0.2, 0) is 0 Å². The molecule has 122 valence electrons. The third-order valence-electron chi connectivity index (χ3n) is 4.02. The van der Waals surface area contributed by atoms with E-state index in [-0.39, 0.29) is 0 Å².